The fourth-order valence-electron chi connectivity index (χ4n) is 5.34. The summed E-state index contributed by atoms with van der Waals surface area (Å²) in [5, 5.41) is 2.95. The molecule has 1 N–H and O–H groups in total. The van der Waals surface area contributed by atoms with Crippen molar-refractivity contribution >= 4 is 71.2 Å². The van der Waals surface area contributed by atoms with Crippen LogP contribution in [0, 0.1) is 30.6 Å². The molecule has 30 heavy (non-hydrogen) atoms. The second kappa shape index (κ2) is 9.02. The van der Waals surface area contributed by atoms with E-state index in [0.717, 1.165) is 41.4 Å². The lowest BCUT2D eigenvalue weighted by Gasteiger charge is -2.28. The van der Waals surface area contributed by atoms with Crippen molar-refractivity contribution in [1.29, 1.82) is 0 Å². The summed E-state index contributed by atoms with van der Waals surface area (Å²) >= 11 is 10.8. The van der Waals surface area contributed by atoms with E-state index in [4.69, 9.17) is 0 Å². The number of likely N-dealkylation sites (tertiary alicyclic amines) is 1. The number of amides is 3. The summed E-state index contributed by atoms with van der Waals surface area (Å²) in [6.07, 6.45) is 3.69. The standard InChI is InChI=1S/C22H25Br3N2O3/c1-11-9-12(23)6-7-15(11)26-16(28)5-3-2-4-8-27-21(29)17-13-10-14(18(17)22(27)30)20(25)19(13)24/h6-7,9,13-14,17-20H,2-5,8,10H2,1H3,(H,26,28)/t13-,14+,17-,18+,19-,20+. The number of fused-ring (bicyclic) bond motifs is 5. The van der Waals surface area contributed by atoms with Crippen LogP contribution in [0.3, 0.4) is 0 Å². The molecule has 1 aromatic carbocycles. The van der Waals surface area contributed by atoms with Crippen LogP contribution in [0.25, 0.3) is 0 Å². The zero-order valence-corrected chi connectivity index (χ0v) is 21.5. The maximum atomic E-state index is 12.9. The molecule has 1 saturated heterocycles. The van der Waals surface area contributed by atoms with Crippen molar-refractivity contribution in [2.24, 2.45) is 23.7 Å². The third-order valence-corrected chi connectivity index (χ3v) is 10.5. The van der Waals surface area contributed by atoms with Gasteiger partial charge in [0.05, 0.1) is 11.8 Å². The highest BCUT2D eigenvalue weighted by atomic mass is 79.9. The van der Waals surface area contributed by atoms with Crippen LogP contribution >= 0.6 is 47.8 Å². The summed E-state index contributed by atoms with van der Waals surface area (Å²) in [6, 6.07) is 5.77. The summed E-state index contributed by atoms with van der Waals surface area (Å²) < 4.78 is 0.986. The Labute approximate surface area is 202 Å². The van der Waals surface area contributed by atoms with Crippen molar-refractivity contribution in [1.82, 2.24) is 4.90 Å². The van der Waals surface area contributed by atoms with E-state index in [9.17, 15) is 14.4 Å². The number of imide groups is 1. The number of alkyl halides is 2. The van der Waals surface area contributed by atoms with Crippen LogP contribution in [-0.4, -0.2) is 38.8 Å². The van der Waals surface area contributed by atoms with E-state index in [0.29, 0.717) is 13.0 Å². The van der Waals surface area contributed by atoms with Gasteiger partial charge in [-0.1, -0.05) is 54.2 Å². The Morgan fingerprint density at radius 3 is 2.30 bits per heavy atom. The van der Waals surface area contributed by atoms with Gasteiger partial charge >= 0.3 is 0 Å². The SMILES string of the molecule is Cc1cc(Br)ccc1NC(=O)CCCCCN1C(=O)[C@@H]2[C@H]3C[C@H]([C@H](Br)[C@@H]3Br)[C@@H]2C1=O. The van der Waals surface area contributed by atoms with Gasteiger partial charge in [0.25, 0.3) is 0 Å². The van der Waals surface area contributed by atoms with Gasteiger partial charge in [-0.15, -0.1) is 0 Å². The molecule has 0 spiro atoms. The molecule has 2 saturated carbocycles. The van der Waals surface area contributed by atoms with Gasteiger partial charge in [-0.3, -0.25) is 19.3 Å². The first-order valence-corrected chi connectivity index (χ1v) is 13.1. The van der Waals surface area contributed by atoms with E-state index in [-0.39, 0.29) is 51.0 Å². The van der Waals surface area contributed by atoms with Crippen molar-refractivity contribution in [3.05, 3.63) is 28.2 Å². The molecule has 0 radical (unpaired) electrons. The minimum Gasteiger partial charge on any atom is -0.326 e. The van der Waals surface area contributed by atoms with Gasteiger partial charge in [-0.25, -0.2) is 0 Å². The predicted molar refractivity (Wildman–Crippen MR) is 127 cm³/mol. The molecule has 6 atom stereocenters. The zero-order valence-electron chi connectivity index (χ0n) is 16.7. The van der Waals surface area contributed by atoms with E-state index < -0.39 is 0 Å². The second-order valence-electron chi connectivity index (χ2n) is 8.65. The van der Waals surface area contributed by atoms with Crippen molar-refractivity contribution in [2.45, 2.75) is 48.7 Å². The lowest BCUT2D eigenvalue weighted by atomic mass is 9.81. The maximum absolute atomic E-state index is 12.9. The van der Waals surface area contributed by atoms with Crippen LogP contribution in [0.5, 0.6) is 0 Å². The molecule has 0 unspecified atom stereocenters. The van der Waals surface area contributed by atoms with Crippen LogP contribution in [0.1, 0.15) is 37.7 Å². The van der Waals surface area contributed by atoms with Crippen molar-refractivity contribution in [2.75, 3.05) is 11.9 Å². The first-order chi connectivity index (χ1) is 14.3. The Balaban J connectivity index is 1.21. The average molecular weight is 605 g/mol. The van der Waals surface area contributed by atoms with Gasteiger partial charge in [0.1, 0.15) is 0 Å². The van der Waals surface area contributed by atoms with Crippen LogP contribution < -0.4 is 5.32 Å². The lowest BCUT2D eigenvalue weighted by Crippen LogP contribution is -2.37. The number of hydrogen-bond donors (Lipinski definition) is 1. The average Bonchev–Trinajstić information content (AvgIpc) is 3.30. The number of unbranched alkanes of at least 4 members (excludes halogenated alkanes) is 2. The number of nitrogens with one attached hydrogen (secondary N) is 1. The van der Waals surface area contributed by atoms with E-state index in [1.54, 1.807) is 0 Å². The first-order valence-electron chi connectivity index (χ1n) is 10.5. The summed E-state index contributed by atoms with van der Waals surface area (Å²) in [5.41, 5.74) is 1.84. The van der Waals surface area contributed by atoms with Crippen LogP contribution in [0.4, 0.5) is 5.69 Å². The van der Waals surface area contributed by atoms with Crippen molar-refractivity contribution < 1.29 is 14.4 Å². The summed E-state index contributed by atoms with van der Waals surface area (Å²) in [6.45, 7) is 2.43. The van der Waals surface area contributed by atoms with Crippen molar-refractivity contribution in [3.63, 3.8) is 0 Å². The monoisotopic (exact) mass is 602 g/mol. The molecule has 0 aromatic heterocycles. The van der Waals surface area contributed by atoms with Gasteiger partial charge in [0.2, 0.25) is 17.7 Å². The molecular weight excluding hydrogens is 580 g/mol. The van der Waals surface area contributed by atoms with E-state index in [1.165, 1.54) is 4.90 Å². The van der Waals surface area contributed by atoms with Gasteiger partial charge in [-0.2, -0.15) is 0 Å². The molecule has 8 heteroatoms. The zero-order chi connectivity index (χ0) is 21.6. The molecule has 2 aliphatic carbocycles. The maximum Gasteiger partial charge on any atom is 0.233 e. The fraction of sp³-hybridized carbons (Fsp3) is 0.591. The molecule has 3 fully saturated rings. The number of rotatable bonds is 7. The largest absolute Gasteiger partial charge is 0.326 e. The molecule has 162 valence electrons. The van der Waals surface area contributed by atoms with E-state index in [2.05, 4.69) is 53.1 Å². The number of hydrogen-bond acceptors (Lipinski definition) is 3. The molecule has 1 aliphatic heterocycles. The number of carbonyl (C=O) groups excluding carboxylic acids is 3. The quantitative estimate of drug-likeness (QED) is 0.270. The second-order valence-corrected chi connectivity index (χ2v) is 11.7. The highest BCUT2D eigenvalue weighted by Crippen LogP contribution is 2.60. The summed E-state index contributed by atoms with van der Waals surface area (Å²) in [4.78, 5) is 40.0. The Kier molecular flexibility index (Phi) is 6.76. The Morgan fingerprint density at radius 2 is 1.70 bits per heavy atom. The number of halogens is 3. The molecule has 2 bridgehead atoms. The Bertz CT molecular complexity index is 845. The third kappa shape index (κ3) is 4.04. The molecular formula is C22H25Br3N2O3. The number of nitrogens with zero attached hydrogens (tertiary/aromatic N) is 1. The van der Waals surface area contributed by atoms with E-state index in [1.807, 2.05) is 25.1 Å². The van der Waals surface area contributed by atoms with Crippen LogP contribution in [0.2, 0.25) is 0 Å². The van der Waals surface area contributed by atoms with Crippen LogP contribution in [0.15, 0.2) is 22.7 Å². The predicted octanol–water partition coefficient (Wildman–Crippen LogP) is 5.03. The Morgan fingerprint density at radius 1 is 1.07 bits per heavy atom. The molecule has 5 nitrogen and oxygen atoms in total. The number of carbonyl (C=O) groups is 3. The Hall–Kier alpha value is -0.730. The summed E-state index contributed by atoms with van der Waals surface area (Å²) in [5.74, 6) is 0.274. The lowest BCUT2D eigenvalue weighted by molar-refractivity contribution is -0.140. The molecule has 3 amide bonds. The van der Waals surface area contributed by atoms with Gasteiger partial charge in [0.15, 0.2) is 0 Å². The first kappa shape index (κ1) is 22.5. The third-order valence-electron chi connectivity index (χ3n) is 6.83. The van der Waals surface area contributed by atoms with E-state index >= 15 is 0 Å². The van der Waals surface area contributed by atoms with Gasteiger partial charge in [-0.05, 0) is 61.8 Å². The highest BCUT2D eigenvalue weighted by molar-refractivity contribution is 9.12. The van der Waals surface area contributed by atoms with Crippen LogP contribution in [-0.2, 0) is 14.4 Å². The minimum absolute atomic E-state index is 0.00780. The van der Waals surface area contributed by atoms with Crippen molar-refractivity contribution in [3.8, 4) is 0 Å². The molecule has 3 aliphatic rings. The number of anilines is 1. The summed E-state index contributed by atoms with van der Waals surface area (Å²) in [7, 11) is 0. The smallest absolute Gasteiger partial charge is 0.233 e. The van der Waals surface area contributed by atoms with Gasteiger partial charge < -0.3 is 5.32 Å². The molecule has 1 heterocycles. The molecule has 1 aromatic rings. The number of aryl methyl sites for hydroxylation is 1. The molecule has 4 rings (SSSR count). The topological polar surface area (TPSA) is 66.5 Å². The van der Waals surface area contributed by atoms with Gasteiger partial charge in [0, 0.05) is 32.8 Å². The normalized spacial score (nSPS) is 32.1. The highest BCUT2D eigenvalue weighted by Gasteiger charge is 2.66. The minimum atomic E-state index is -0.138. The number of benzene rings is 1. The fourth-order valence-corrected chi connectivity index (χ4v) is 7.69.